The zero-order chi connectivity index (χ0) is 17.3. The van der Waals surface area contributed by atoms with Gasteiger partial charge in [0.15, 0.2) is 0 Å². The summed E-state index contributed by atoms with van der Waals surface area (Å²) in [7, 11) is -3.69. The minimum absolute atomic E-state index is 0.0133. The molecule has 1 aromatic heterocycles. The molecule has 0 aliphatic heterocycles. The molecule has 0 amide bonds. The molecule has 1 fully saturated rings. The number of hydrogen-bond donors (Lipinski definition) is 1. The van der Waals surface area contributed by atoms with E-state index in [1.807, 2.05) is 11.5 Å². The van der Waals surface area contributed by atoms with Crippen LogP contribution in [0.15, 0.2) is 18.2 Å². The molecule has 0 unspecified atom stereocenters. The van der Waals surface area contributed by atoms with E-state index in [1.165, 1.54) is 6.07 Å². The van der Waals surface area contributed by atoms with Crippen molar-refractivity contribution >= 4 is 10.0 Å². The van der Waals surface area contributed by atoms with E-state index in [0.717, 1.165) is 30.8 Å². The monoisotopic (exact) mass is 356 g/mol. The van der Waals surface area contributed by atoms with Gasteiger partial charge >= 0.3 is 0 Å². The van der Waals surface area contributed by atoms with E-state index in [9.17, 15) is 17.2 Å². The van der Waals surface area contributed by atoms with Crippen LogP contribution in [-0.4, -0.2) is 28.9 Å². The second kappa shape index (κ2) is 6.56. The molecule has 130 valence electrons. The van der Waals surface area contributed by atoms with Gasteiger partial charge < -0.3 is 4.57 Å². The average Bonchev–Trinajstić information content (AvgIpc) is 3.28. The maximum atomic E-state index is 13.6. The van der Waals surface area contributed by atoms with Crippen molar-refractivity contribution in [3.05, 3.63) is 47.0 Å². The van der Waals surface area contributed by atoms with Crippen LogP contribution in [-0.2, 0) is 23.0 Å². The Morgan fingerprint density at radius 1 is 1.25 bits per heavy atom. The Bertz CT molecular complexity index is 827. The highest BCUT2D eigenvalue weighted by molar-refractivity contribution is 7.89. The summed E-state index contributed by atoms with van der Waals surface area (Å²) in [5.74, 6) is -0.583. The average molecular weight is 356 g/mol. The van der Waals surface area contributed by atoms with Gasteiger partial charge in [-0.15, -0.1) is 10.2 Å². The van der Waals surface area contributed by atoms with Crippen LogP contribution in [0.3, 0.4) is 0 Å². The Labute approximate surface area is 139 Å². The van der Waals surface area contributed by atoms with Gasteiger partial charge in [-0.1, -0.05) is 6.07 Å². The van der Waals surface area contributed by atoms with Crippen molar-refractivity contribution in [3.63, 3.8) is 0 Å². The van der Waals surface area contributed by atoms with Crippen LogP contribution < -0.4 is 4.72 Å². The summed E-state index contributed by atoms with van der Waals surface area (Å²) >= 11 is 0. The van der Waals surface area contributed by atoms with Crippen molar-refractivity contribution in [1.82, 2.24) is 19.5 Å². The maximum Gasteiger partial charge on any atom is 0.212 e. The number of halogens is 2. The summed E-state index contributed by atoms with van der Waals surface area (Å²) in [5, 5.41) is 7.97. The van der Waals surface area contributed by atoms with Gasteiger partial charge in [0.05, 0.1) is 12.3 Å². The third kappa shape index (κ3) is 3.78. The van der Waals surface area contributed by atoms with Crippen LogP contribution in [0.25, 0.3) is 0 Å². The molecule has 0 saturated heterocycles. The van der Waals surface area contributed by atoms with Crippen molar-refractivity contribution in [1.29, 1.82) is 0 Å². The van der Waals surface area contributed by atoms with Crippen LogP contribution in [0.4, 0.5) is 8.78 Å². The summed E-state index contributed by atoms with van der Waals surface area (Å²) in [5.41, 5.74) is -0.222. The Hall–Kier alpha value is -1.87. The number of aromatic nitrogens is 3. The molecule has 0 bridgehead atoms. The first-order valence-corrected chi connectivity index (χ1v) is 9.33. The lowest BCUT2D eigenvalue weighted by Crippen LogP contribution is -2.28. The first-order valence-electron chi connectivity index (χ1n) is 7.68. The predicted octanol–water partition coefficient (Wildman–Crippen LogP) is 1.86. The molecule has 3 rings (SSSR count). The zero-order valence-corrected chi connectivity index (χ0v) is 14.0. The molecule has 0 atom stereocenters. The van der Waals surface area contributed by atoms with Crippen LogP contribution in [0.5, 0.6) is 0 Å². The van der Waals surface area contributed by atoms with Gasteiger partial charge in [0.1, 0.15) is 23.3 Å². The molecule has 1 saturated carbocycles. The number of sulfonamides is 1. The summed E-state index contributed by atoms with van der Waals surface area (Å²) in [4.78, 5) is 0. The first-order chi connectivity index (χ1) is 11.4. The van der Waals surface area contributed by atoms with Gasteiger partial charge in [-0.05, 0) is 38.3 Å². The van der Waals surface area contributed by atoms with Crippen molar-refractivity contribution < 1.29 is 17.2 Å². The number of aryl methyl sites for hydroxylation is 1. The lowest BCUT2D eigenvalue weighted by Gasteiger charge is -2.09. The molecular formula is C15H18F2N4O2S. The smallest absolute Gasteiger partial charge is 0.212 e. The van der Waals surface area contributed by atoms with Gasteiger partial charge in [-0.25, -0.2) is 21.9 Å². The maximum absolute atomic E-state index is 13.6. The van der Waals surface area contributed by atoms with Crippen molar-refractivity contribution in [2.45, 2.75) is 38.8 Å². The molecular weight excluding hydrogens is 338 g/mol. The third-order valence-electron chi connectivity index (χ3n) is 3.98. The second-order valence-corrected chi connectivity index (χ2v) is 7.78. The van der Waals surface area contributed by atoms with Crippen molar-refractivity contribution in [2.75, 3.05) is 5.75 Å². The largest absolute Gasteiger partial charge is 0.311 e. The number of hydrogen-bond acceptors (Lipinski definition) is 4. The summed E-state index contributed by atoms with van der Waals surface area (Å²) in [6.07, 6.45) is 1.83. The summed E-state index contributed by atoms with van der Waals surface area (Å²) in [6, 6.07) is 3.80. The fourth-order valence-electron chi connectivity index (χ4n) is 2.60. The van der Waals surface area contributed by atoms with Crippen LogP contribution >= 0.6 is 0 Å². The van der Waals surface area contributed by atoms with Gasteiger partial charge in [-0.3, -0.25) is 0 Å². The minimum Gasteiger partial charge on any atom is -0.311 e. The van der Waals surface area contributed by atoms with Gasteiger partial charge in [0.2, 0.25) is 10.0 Å². The molecule has 2 aromatic rings. The highest BCUT2D eigenvalue weighted by Crippen LogP contribution is 2.36. The number of nitrogens with one attached hydrogen (secondary N) is 1. The molecule has 0 spiro atoms. The molecule has 1 aromatic carbocycles. The fraction of sp³-hybridized carbons (Fsp3) is 0.467. The first kappa shape index (κ1) is 17.0. The summed E-state index contributed by atoms with van der Waals surface area (Å²) < 4.78 is 55.6. The second-order valence-electron chi connectivity index (χ2n) is 5.85. The van der Waals surface area contributed by atoms with E-state index < -0.39 is 27.4 Å². The Kier molecular flexibility index (Phi) is 4.64. The van der Waals surface area contributed by atoms with E-state index in [0.29, 0.717) is 11.9 Å². The highest BCUT2D eigenvalue weighted by Gasteiger charge is 2.28. The lowest BCUT2D eigenvalue weighted by atomic mass is 10.1. The number of nitrogens with zero attached hydrogens (tertiary/aromatic N) is 3. The molecule has 1 heterocycles. The molecule has 0 radical (unpaired) electrons. The van der Waals surface area contributed by atoms with E-state index in [-0.39, 0.29) is 18.5 Å². The van der Waals surface area contributed by atoms with E-state index in [4.69, 9.17) is 0 Å². The Morgan fingerprint density at radius 2 is 1.92 bits per heavy atom. The van der Waals surface area contributed by atoms with Gasteiger partial charge in [-0.2, -0.15) is 0 Å². The summed E-state index contributed by atoms with van der Waals surface area (Å²) in [6.45, 7) is 1.84. The Morgan fingerprint density at radius 3 is 2.54 bits per heavy atom. The van der Waals surface area contributed by atoms with Crippen LogP contribution in [0, 0.1) is 18.6 Å². The highest BCUT2D eigenvalue weighted by atomic mass is 32.2. The predicted molar refractivity (Wildman–Crippen MR) is 83.7 cm³/mol. The van der Waals surface area contributed by atoms with Crippen LogP contribution in [0.2, 0.25) is 0 Å². The standard InChI is InChI=1S/C15H18F2N4O2S/c1-10-19-20-15(21(10)11-5-6-11)9-18-24(22,23)8-7-12-13(16)3-2-4-14(12)17/h2-4,11,18H,5-9H2,1H3. The SMILES string of the molecule is Cc1nnc(CNS(=O)(=O)CCc2c(F)cccc2F)n1C1CC1. The molecule has 24 heavy (non-hydrogen) atoms. The lowest BCUT2D eigenvalue weighted by molar-refractivity contribution is 0.553. The van der Waals surface area contributed by atoms with E-state index >= 15 is 0 Å². The van der Waals surface area contributed by atoms with Crippen molar-refractivity contribution in [2.24, 2.45) is 0 Å². The zero-order valence-electron chi connectivity index (χ0n) is 13.2. The van der Waals surface area contributed by atoms with Crippen LogP contribution in [0.1, 0.15) is 36.1 Å². The molecule has 1 N–H and O–H groups in total. The molecule has 1 aliphatic rings. The minimum atomic E-state index is -3.69. The van der Waals surface area contributed by atoms with E-state index in [1.54, 1.807) is 0 Å². The molecule has 6 nitrogen and oxygen atoms in total. The quantitative estimate of drug-likeness (QED) is 0.822. The van der Waals surface area contributed by atoms with Gasteiger partial charge in [0.25, 0.3) is 0 Å². The van der Waals surface area contributed by atoms with E-state index in [2.05, 4.69) is 14.9 Å². The third-order valence-corrected chi connectivity index (χ3v) is 5.31. The topological polar surface area (TPSA) is 76.9 Å². The number of rotatable bonds is 7. The normalized spacial score (nSPS) is 15.0. The fourth-order valence-corrected chi connectivity index (χ4v) is 3.56. The van der Waals surface area contributed by atoms with Gasteiger partial charge in [0, 0.05) is 11.6 Å². The molecule has 9 heteroatoms. The van der Waals surface area contributed by atoms with Crippen molar-refractivity contribution in [3.8, 4) is 0 Å². The number of benzene rings is 1. The molecule has 1 aliphatic carbocycles. The Balaban J connectivity index is 1.62.